The zero-order valence-electron chi connectivity index (χ0n) is 9.69. The first-order chi connectivity index (χ1) is 8.83. The lowest BCUT2D eigenvalue weighted by atomic mass is 9.86. The highest BCUT2D eigenvalue weighted by molar-refractivity contribution is 7.10. The smallest absolute Gasteiger partial charge is 0.235 e. The fourth-order valence-electron chi connectivity index (χ4n) is 2.39. The van der Waals surface area contributed by atoms with E-state index in [1.54, 1.807) is 16.2 Å². The number of benzene rings is 1. The van der Waals surface area contributed by atoms with E-state index in [2.05, 4.69) is 0 Å². The lowest BCUT2D eigenvalue weighted by Crippen LogP contribution is -2.56. The van der Waals surface area contributed by atoms with Gasteiger partial charge in [0, 0.05) is 10.6 Å². The number of aliphatic hydroxyl groups is 1. The SMILES string of the molecule is O=C1[C@@H](CO)[C@H](c2cccs2)N1c1ccccc1. The van der Waals surface area contributed by atoms with Crippen LogP contribution in [-0.2, 0) is 4.79 Å². The Morgan fingerprint density at radius 3 is 2.56 bits per heavy atom. The lowest BCUT2D eigenvalue weighted by molar-refractivity contribution is -0.132. The number of nitrogens with zero attached hydrogens (tertiary/aromatic N) is 1. The van der Waals surface area contributed by atoms with Crippen molar-refractivity contribution in [1.82, 2.24) is 0 Å². The van der Waals surface area contributed by atoms with Crippen LogP contribution in [0.3, 0.4) is 0 Å². The summed E-state index contributed by atoms with van der Waals surface area (Å²) in [5, 5.41) is 11.3. The molecule has 0 saturated carbocycles. The third kappa shape index (κ3) is 1.65. The summed E-state index contributed by atoms with van der Waals surface area (Å²) in [6.07, 6.45) is 0. The molecule has 3 rings (SSSR count). The predicted molar refractivity (Wildman–Crippen MR) is 71.6 cm³/mol. The molecule has 1 aliphatic rings. The van der Waals surface area contributed by atoms with Crippen molar-refractivity contribution >= 4 is 22.9 Å². The summed E-state index contributed by atoms with van der Waals surface area (Å²) < 4.78 is 0. The third-order valence-electron chi connectivity index (χ3n) is 3.28. The van der Waals surface area contributed by atoms with Crippen LogP contribution in [0.15, 0.2) is 47.8 Å². The van der Waals surface area contributed by atoms with E-state index in [1.165, 1.54) is 0 Å². The van der Waals surface area contributed by atoms with Crippen LogP contribution in [-0.4, -0.2) is 17.6 Å². The van der Waals surface area contributed by atoms with Gasteiger partial charge >= 0.3 is 0 Å². The second-order valence-electron chi connectivity index (χ2n) is 4.29. The molecule has 92 valence electrons. The molecular weight excluding hydrogens is 246 g/mol. The van der Waals surface area contributed by atoms with Crippen molar-refractivity contribution in [3.8, 4) is 0 Å². The van der Waals surface area contributed by atoms with Crippen LogP contribution in [0.25, 0.3) is 0 Å². The quantitative estimate of drug-likeness (QED) is 0.860. The monoisotopic (exact) mass is 259 g/mol. The third-order valence-corrected chi connectivity index (χ3v) is 4.22. The summed E-state index contributed by atoms with van der Waals surface area (Å²) in [7, 11) is 0. The fourth-order valence-corrected chi connectivity index (χ4v) is 3.27. The maximum absolute atomic E-state index is 12.1. The van der Waals surface area contributed by atoms with E-state index in [9.17, 15) is 9.90 Å². The van der Waals surface area contributed by atoms with Gasteiger partial charge in [-0.25, -0.2) is 0 Å². The number of amides is 1. The highest BCUT2D eigenvalue weighted by Gasteiger charge is 2.48. The largest absolute Gasteiger partial charge is 0.395 e. The number of thiophene rings is 1. The van der Waals surface area contributed by atoms with Gasteiger partial charge in [-0.15, -0.1) is 11.3 Å². The molecule has 0 aliphatic carbocycles. The van der Waals surface area contributed by atoms with Gasteiger partial charge in [-0.2, -0.15) is 0 Å². The molecule has 18 heavy (non-hydrogen) atoms. The number of β-lactam (4-membered cyclic amide) rings is 1. The summed E-state index contributed by atoms with van der Waals surface area (Å²) in [5.74, 6) is -0.300. The molecular formula is C14H13NO2S. The van der Waals surface area contributed by atoms with Crippen molar-refractivity contribution in [3.63, 3.8) is 0 Å². The van der Waals surface area contributed by atoms with Crippen LogP contribution in [0, 0.1) is 5.92 Å². The molecule has 4 heteroatoms. The zero-order chi connectivity index (χ0) is 12.5. The first kappa shape index (κ1) is 11.4. The first-order valence-corrected chi connectivity index (χ1v) is 6.73. The minimum Gasteiger partial charge on any atom is -0.395 e. The van der Waals surface area contributed by atoms with Crippen molar-refractivity contribution in [2.75, 3.05) is 11.5 Å². The highest BCUT2D eigenvalue weighted by Crippen LogP contribution is 2.44. The maximum Gasteiger partial charge on any atom is 0.235 e. The van der Waals surface area contributed by atoms with Gasteiger partial charge in [0.05, 0.1) is 18.6 Å². The number of hydrogen-bond acceptors (Lipinski definition) is 3. The second-order valence-corrected chi connectivity index (χ2v) is 5.27. The van der Waals surface area contributed by atoms with Crippen molar-refractivity contribution in [2.45, 2.75) is 6.04 Å². The maximum atomic E-state index is 12.1. The van der Waals surface area contributed by atoms with E-state index in [0.717, 1.165) is 10.6 Å². The van der Waals surface area contributed by atoms with Gasteiger partial charge in [0.2, 0.25) is 5.91 Å². The van der Waals surface area contributed by atoms with Gasteiger partial charge in [0.15, 0.2) is 0 Å². The van der Waals surface area contributed by atoms with E-state index in [0.29, 0.717) is 0 Å². The van der Waals surface area contributed by atoms with Crippen molar-refractivity contribution in [3.05, 3.63) is 52.7 Å². The van der Waals surface area contributed by atoms with Gasteiger partial charge in [-0.1, -0.05) is 24.3 Å². The van der Waals surface area contributed by atoms with Gasteiger partial charge in [-0.3, -0.25) is 4.79 Å². The highest BCUT2D eigenvalue weighted by atomic mass is 32.1. The number of anilines is 1. The first-order valence-electron chi connectivity index (χ1n) is 5.85. The topological polar surface area (TPSA) is 40.5 Å². The van der Waals surface area contributed by atoms with Crippen LogP contribution < -0.4 is 4.90 Å². The fraction of sp³-hybridized carbons (Fsp3) is 0.214. The van der Waals surface area contributed by atoms with E-state index < -0.39 is 0 Å². The average Bonchev–Trinajstić information content (AvgIpc) is 2.91. The van der Waals surface area contributed by atoms with E-state index >= 15 is 0 Å². The molecule has 0 unspecified atom stereocenters. The number of hydrogen-bond donors (Lipinski definition) is 1. The summed E-state index contributed by atoms with van der Waals surface area (Å²) in [6, 6.07) is 13.6. The van der Waals surface area contributed by atoms with Gasteiger partial charge in [0.25, 0.3) is 0 Å². The van der Waals surface area contributed by atoms with E-state index in [4.69, 9.17) is 0 Å². The molecule has 1 aromatic heterocycles. The number of carbonyl (C=O) groups is 1. The van der Waals surface area contributed by atoms with Crippen LogP contribution in [0.2, 0.25) is 0 Å². The van der Waals surface area contributed by atoms with E-state index in [1.807, 2.05) is 47.8 Å². The Morgan fingerprint density at radius 2 is 1.94 bits per heavy atom. The molecule has 1 amide bonds. The van der Waals surface area contributed by atoms with Crippen LogP contribution in [0.5, 0.6) is 0 Å². The number of para-hydroxylation sites is 1. The Balaban J connectivity index is 1.96. The second kappa shape index (κ2) is 4.55. The number of carbonyl (C=O) groups excluding carboxylic acids is 1. The normalized spacial score (nSPS) is 22.9. The zero-order valence-corrected chi connectivity index (χ0v) is 10.5. The molecule has 2 heterocycles. The van der Waals surface area contributed by atoms with Crippen LogP contribution >= 0.6 is 11.3 Å². The molecule has 1 fully saturated rings. The molecule has 2 atom stereocenters. The minimum absolute atomic E-state index is 0.00194. The molecule has 1 aromatic carbocycles. The molecule has 0 bridgehead atoms. The van der Waals surface area contributed by atoms with Crippen molar-refractivity contribution < 1.29 is 9.90 Å². The van der Waals surface area contributed by atoms with Gasteiger partial charge in [-0.05, 0) is 23.6 Å². The summed E-state index contributed by atoms with van der Waals surface area (Å²) >= 11 is 1.62. The standard InChI is InChI=1S/C14H13NO2S/c16-9-11-13(12-7-4-8-18-12)15(14(11)17)10-5-2-1-3-6-10/h1-8,11,13,16H,9H2/t11-,13+/m0/s1. The molecule has 1 aliphatic heterocycles. The van der Waals surface area contributed by atoms with Crippen LogP contribution in [0.1, 0.15) is 10.9 Å². The summed E-state index contributed by atoms with van der Waals surface area (Å²) in [4.78, 5) is 15.0. The molecule has 3 nitrogen and oxygen atoms in total. The summed E-state index contributed by atoms with van der Waals surface area (Å²) in [5.41, 5.74) is 0.894. The Hall–Kier alpha value is -1.65. The Labute approximate surface area is 109 Å². The van der Waals surface area contributed by atoms with E-state index in [-0.39, 0.29) is 24.5 Å². The van der Waals surface area contributed by atoms with Crippen LogP contribution in [0.4, 0.5) is 5.69 Å². The average molecular weight is 259 g/mol. The molecule has 1 N–H and O–H groups in total. The molecule has 0 radical (unpaired) electrons. The number of rotatable bonds is 3. The minimum atomic E-state index is -0.302. The number of aliphatic hydroxyl groups excluding tert-OH is 1. The Morgan fingerprint density at radius 1 is 1.17 bits per heavy atom. The predicted octanol–water partition coefficient (Wildman–Crippen LogP) is 2.44. The molecule has 2 aromatic rings. The van der Waals surface area contributed by atoms with Gasteiger partial charge in [0.1, 0.15) is 0 Å². The Bertz CT molecular complexity index is 538. The van der Waals surface area contributed by atoms with Gasteiger partial charge < -0.3 is 10.0 Å². The lowest BCUT2D eigenvalue weighted by Gasteiger charge is -2.46. The van der Waals surface area contributed by atoms with Crippen molar-refractivity contribution in [1.29, 1.82) is 0 Å². The molecule has 0 spiro atoms. The van der Waals surface area contributed by atoms with Crippen molar-refractivity contribution in [2.24, 2.45) is 5.92 Å². The Kier molecular flexibility index (Phi) is 2.89. The summed E-state index contributed by atoms with van der Waals surface area (Å²) in [6.45, 7) is -0.0925. The molecule has 1 saturated heterocycles.